The van der Waals surface area contributed by atoms with Crippen molar-refractivity contribution in [1.82, 2.24) is 15.6 Å². The van der Waals surface area contributed by atoms with E-state index in [-0.39, 0.29) is 24.0 Å². The van der Waals surface area contributed by atoms with E-state index in [1.807, 2.05) is 37.3 Å². The molecule has 0 aliphatic rings. The van der Waals surface area contributed by atoms with Crippen molar-refractivity contribution >= 4 is 41.3 Å². The number of hydrogen-bond donors (Lipinski definition) is 2. The van der Waals surface area contributed by atoms with Crippen LogP contribution in [0.15, 0.2) is 58.3 Å². The van der Waals surface area contributed by atoms with E-state index in [4.69, 9.17) is 14.2 Å². The molecule has 0 amide bonds. The number of ether oxygens (including phenoxy) is 3. The van der Waals surface area contributed by atoms with Crippen LogP contribution in [0.5, 0.6) is 23.1 Å². The summed E-state index contributed by atoms with van der Waals surface area (Å²) >= 11 is 1.68. The lowest BCUT2D eigenvalue weighted by atomic mass is 10.3. The van der Waals surface area contributed by atoms with Crippen LogP contribution in [-0.2, 0) is 13.1 Å². The van der Waals surface area contributed by atoms with Crippen LogP contribution in [0.4, 0.5) is 0 Å². The molecule has 0 radical (unpaired) electrons. The average Bonchev–Trinajstić information content (AvgIpc) is 3.30. The van der Waals surface area contributed by atoms with Crippen LogP contribution in [0, 0.1) is 0 Å². The van der Waals surface area contributed by atoms with E-state index in [2.05, 4.69) is 37.4 Å². The van der Waals surface area contributed by atoms with Crippen molar-refractivity contribution < 1.29 is 14.2 Å². The molecule has 0 aliphatic heterocycles. The van der Waals surface area contributed by atoms with Gasteiger partial charge in [0.15, 0.2) is 17.5 Å². The first-order chi connectivity index (χ1) is 14.7. The molecular weight excluding hydrogens is 527 g/mol. The van der Waals surface area contributed by atoms with Crippen LogP contribution < -0.4 is 24.8 Å². The summed E-state index contributed by atoms with van der Waals surface area (Å²) in [5.41, 5.74) is 2.21. The molecule has 2 aromatic heterocycles. The molecule has 2 heterocycles. The molecule has 0 bridgehead atoms. The number of pyridine rings is 1. The van der Waals surface area contributed by atoms with E-state index in [1.54, 1.807) is 31.8 Å². The zero-order chi connectivity index (χ0) is 21.2. The van der Waals surface area contributed by atoms with Crippen molar-refractivity contribution in [2.75, 3.05) is 20.8 Å². The van der Waals surface area contributed by atoms with Gasteiger partial charge < -0.3 is 24.8 Å². The predicted molar refractivity (Wildman–Crippen MR) is 135 cm³/mol. The summed E-state index contributed by atoms with van der Waals surface area (Å²) in [7, 11) is 3.18. The second kappa shape index (κ2) is 13.0. The molecule has 31 heavy (non-hydrogen) atoms. The molecule has 0 saturated heterocycles. The number of guanidine groups is 1. The van der Waals surface area contributed by atoms with Gasteiger partial charge >= 0.3 is 0 Å². The molecule has 0 aliphatic carbocycles. The summed E-state index contributed by atoms with van der Waals surface area (Å²) in [5, 5.41) is 10.7. The van der Waals surface area contributed by atoms with E-state index in [0.717, 1.165) is 18.1 Å². The zero-order valence-electron chi connectivity index (χ0n) is 17.8. The van der Waals surface area contributed by atoms with Gasteiger partial charge in [0, 0.05) is 25.4 Å². The maximum Gasteiger partial charge on any atom is 0.219 e. The number of halogens is 1. The lowest BCUT2D eigenvalue weighted by Crippen LogP contribution is -2.36. The van der Waals surface area contributed by atoms with E-state index in [0.29, 0.717) is 36.2 Å². The summed E-state index contributed by atoms with van der Waals surface area (Å²) in [5.74, 6) is 2.89. The lowest BCUT2D eigenvalue weighted by Gasteiger charge is -2.14. The SMILES string of the molecule is CCNC(=NCc1ccsc1)NCc1ccc(Oc2c(OC)cccc2OC)nc1.I. The summed E-state index contributed by atoms with van der Waals surface area (Å²) in [6.07, 6.45) is 1.77. The van der Waals surface area contributed by atoms with Gasteiger partial charge in [-0.15, -0.1) is 24.0 Å². The van der Waals surface area contributed by atoms with Gasteiger partial charge in [-0.3, -0.25) is 0 Å². The monoisotopic (exact) mass is 554 g/mol. The predicted octanol–water partition coefficient (Wildman–Crippen LogP) is 4.83. The third-order valence-electron chi connectivity index (χ3n) is 4.19. The molecule has 0 fully saturated rings. The van der Waals surface area contributed by atoms with Gasteiger partial charge in [-0.2, -0.15) is 11.3 Å². The second-order valence-electron chi connectivity index (χ2n) is 6.28. The largest absolute Gasteiger partial charge is 0.493 e. The number of hydrogen-bond acceptors (Lipinski definition) is 6. The summed E-state index contributed by atoms with van der Waals surface area (Å²) < 4.78 is 16.6. The van der Waals surface area contributed by atoms with Crippen molar-refractivity contribution in [3.05, 3.63) is 64.5 Å². The molecule has 1 aromatic carbocycles. The molecule has 0 unspecified atom stereocenters. The van der Waals surface area contributed by atoms with Gasteiger partial charge in [0.2, 0.25) is 11.6 Å². The maximum absolute atomic E-state index is 5.90. The van der Waals surface area contributed by atoms with Crippen LogP contribution in [-0.4, -0.2) is 31.7 Å². The van der Waals surface area contributed by atoms with Gasteiger partial charge in [0.25, 0.3) is 0 Å². The highest BCUT2D eigenvalue weighted by Crippen LogP contribution is 2.39. The number of thiophene rings is 1. The summed E-state index contributed by atoms with van der Waals surface area (Å²) in [4.78, 5) is 9.01. The Morgan fingerprint density at radius 1 is 1.03 bits per heavy atom. The van der Waals surface area contributed by atoms with Crippen LogP contribution in [0.1, 0.15) is 18.1 Å². The molecule has 166 valence electrons. The number of para-hydroxylation sites is 1. The summed E-state index contributed by atoms with van der Waals surface area (Å²) in [6.45, 7) is 4.08. The normalized spacial score (nSPS) is 10.7. The van der Waals surface area contributed by atoms with Crippen molar-refractivity contribution in [3.8, 4) is 23.1 Å². The number of benzene rings is 1. The molecular formula is C22H27IN4O3S. The third-order valence-corrected chi connectivity index (χ3v) is 4.92. The Labute approximate surface area is 203 Å². The van der Waals surface area contributed by atoms with Crippen LogP contribution >= 0.6 is 35.3 Å². The Morgan fingerprint density at radius 2 is 1.81 bits per heavy atom. The number of methoxy groups -OCH3 is 2. The molecule has 0 atom stereocenters. The van der Waals surface area contributed by atoms with Gasteiger partial charge in [0.05, 0.1) is 20.8 Å². The van der Waals surface area contributed by atoms with Crippen LogP contribution in [0.2, 0.25) is 0 Å². The van der Waals surface area contributed by atoms with Crippen LogP contribution in [0.3, 0.4) is 0 Å². The minimum atomic E-state index is 0. The fraction of sp³-hybridized carbons (Fsp3) is 0.273. The van der Waals surface area contributed by atoms with Gasteiger partial charge in [-0.1, -0.05) is 12.1 Å². The van der Waals surface area contributed by atoms with Crippen LogP contribution in [0.25, 0.3) is 0 Å². The van der Waals surface area contributed by atoms with Gasteiger partial charge in [-0.05, 0) is 47.0 Å². The number of nitrogens with zero attached hydrogens (tertiary/aromatic N) is 2. The summed E-state index contributed by atoms with van der Waals surface area (Å²) in [6, 6.07) is 11.3. The van der Waals surface area contributed by atoms with E-state index in [9.17, 15) is 0 Å². The van der Waals surface area contributed by atoms with E-state index in [1.165, 1.54) is 5.56 Å². The van der Waals surface area contributed by atoms with E-state index < -0.39 is 0 Å². The lowest BCUT2D eigenvalue weighted by molar-refractivity contribution is 0.342. The molecule has 9 heteroatoms. The molecule has 2 N–H and O–H groups in total. The molecule has 7 nitrogen and oxygen atoms in total. The Balaban J connectivity index is 0.00000341. The Hall–Kier alpha value is -2.53. The Kier molecular flexibility index (Phi) is 10.4. The number of aromatic nitrogens is 1. The smallest absolute Gasteiger partial charge is 0.219 e. The van der Waals surface area contributed by atoms with Crippen molar-refractivity contribution in [3.63, 3.8) is 0 Å². The second-order valence-corrected chi connectivity index (χ2v) is 7.06. The fourth-order valence-electron chi connectivity index (χ4n) is 2.68. The topological polar surface area (TPSA) is 77.0 Å². The highest BCUT2D eigenvalue weighted by molar-refractivity contribution is 14.0. The Bertz CT molecular complexity index is 928. The zero-order valence-corrected chi connectivity index (χ0v) is 20.9. The minimum Gasteiger partial charge on any atom is -0.493 e. The average molecular weight is 554 g/mol. The number of rotatable bonds is 9. The maximum atomic E-state index is 5.90. The van der Waals surface area contributed by atoms with Crippen molar-refractivity contribution in [2.24, 2.45) is 4.99 Å². The number of nitrogens with one attached hydrogen (secondary N) is 2. The molecule has 3 aromatic rings. The molecule has 3 rings (SSSR count). The first-order valence-corrected chi connectivity index (χ1v) is 10.5. The number of aliphatic imine (C=N–C) groups is 1. The third kappa shape index (κ3) is 7.28. The molecule has 0 saturated carbocycles. The molecule has 0 spiro atoms. The standard InChI is InChI=1S/C22H26N4O3S.HI/c1-4-23-22(26-14-17-10-11-30-15-17)25-13-16-8-9-20(24-12-16)29-21-18(27-2)6-5-7-19(21)28-3;/h5-12,15H,4,13-14H2,1-3H3,(H2,23,25,26);1H. The first kappa shape index (κ1) is 24.7. The van der Waals surface area contributed by atoms with Gasteiger partial charge in [0.1, 0.15) is 0 Å². The fourth-order valence-corrected chi connectivity index (χ4v) is 3.34. The highest BCUT2D eigenvalue weighted by atomic mass is 127. The van der Waals surface area contributed by atoms with Crippen molar-refractivity contribution in [1.29, 1.82) is 0 Å². The minimum absolute atomic E-state index is 0. The van der Waals surface area contributed by atoms with Crippen molar-refractivity contribution in [2.45, 2.75) is 20.0 Å². The highest BCUT2D eigenvalue weighted by Gasteiger charge is 2.13. The Morgan fingerprint density at radius 3 is 2.39 bits per heavy atom. The first-order valence-electron chi connectivity index (χ1n) is 9.60. The van der Waals surface area contributed by atoms with Gasteiger partial charge in [-0.25, -0.2) is 9.98 Å². The quantitative estimate of drug-likeness (QED) is 0.224. The van der Waals surface area contributed by atoms with E-state index >= 15 is 0 Å².